The van der Waals surface area contributed by atoms with Crippen molar-refractivity contribution in [2.45, 2.75) is 19.8 Å². The molecule has 3 nitrogen and oxygen atoms in total. The first-order valence-corrected chi connectivity index (χ1v) is 8.57. The van der Waals surface area contributed by atoms with E-state index in [1.807, 2.05) is 36.4 Å². The Bertz CT molecular complexity index is 866. The van der Waals surface area contributed by atoms with E-state index in [2.05, 4.69) is 51.7 Å². The SMILES string of the molecule is Cc1ccc(-c2ccc(CCC(=O)[O-])n2-c2cccc(Br)c2)cc1. The van der Waals surface area contributed by atoms with Gasteiger partial charge in [0.15, 0.2) is 0 Å². The van der Waals surface area contributed by atoms with E-state index in [1.165, 1.54) is 5.56 Å². The van der Waals surface area contributed by atoms with Gasteiger partial charge < -0.3 is 14.5 Å². The third-order valence-electron chi connectivity index (χ3n) is 3.96. The van der Waals surface area contributed by atoms with Gasteiger partial charge in [-0.3, -0.25) is 0 Å². The van der Waals surface area contributed by atoms with E-state index in [4.69, 9.17) is 0 Å². The van der Waals surface area contributed by atoms with Crippen LogP contribution in [-0.4, -0.2) is 10.5 Å². The summed E-state index contributed by atoms with van der Waals surface area (Å²) in [7, 11) is 0. The van der Waals surface area contributed by atoms with E-state index in [9.17, 15) is 9.90 Å². The quantitative estimate of drug-likeness (QED) is 0.671. The summed E-state index contributed by atoms with van der Waals surface area (Å²) in [6.45, 7) is 2.06. The molecular formula is C20H17BrNO2-. The zero-order chi connectivity index (χ0) is 17.1. The molecule has 0 amide bonds. The van der Waals surface area contributed by atoms with Crippen LogP contribution in [0.5, 0.6) is 0 Å². The molecule has 0 fully saturated rings. The van der Waals surface area contributed by atoms with Crippen LogP contribution in [0.2, 0.25) is 0 Å². The number of carboxylic acids is 1. The second-order valence-electron chi connectivity index (χ2n) is 5.76. The van der Waals surface area contributed by atoms with Gasteiger partial charge in [0.1, 0.15) is 0 Å². The van der Waals surface area contributed by atoms with Crippen LogP contribution in [0.1, 0.15) is 17.7 Å². The van der Waals surface area contributed by atoms with Crippen LogP contribution in [0.4, 0.5) is 0 Å². The lowest BCUT2D eigenvalue weighted by Crippen LogP contribution is -2.22. The van der Waals surface area contributed by atoms with Crippen molar-refractivity contribution in [1.29, 1.82) is 0 Å². The molecule has 1 aromatic heterocycles. The Morgan fingerprint density at radius 1 is 1.08 bits per heavy atom. The Kier molecular flexibility index (Phi) is 4.86. The highest BCUT2D eigenvalue weighted by Gasteiger charge is 2.12. The number of aromatic nitrogens is 1. The minimum atomic E-state index is -1.03. The Balaban J connectivity index is 2.12. The first-order valence-electron chi connectivity index (χ1n) is 7.78. The first-order chi connectivity index (χ1) is 11.5. The van der Waals surface area contributed by atoms with Gasteiger partial charge >= 0.3 is 0 Å². The summed E-state index contributed by atoms with van der Waals surface area (Å²) in [6.07, 6.45) is 0.437. The van der Waals surface area contributed by atoms with Gasteiger partial charge in [0.2, 0.25) is 0 Å². The molecule has 0 aliphatic heterocycles. The van der Waals surface area contributed by atoms with Crippen LogP contribution in [0.25, 0.3) is 16.9 Å². The smallest absolute Gasteiger partial charge is 0.0531 e. The summed E-state index contributed by atoms with van der Waals surface area (Å²) in [5.74, 6) is -1.03. The summed E-state index contributed by atoms with van der Waals surface area (Å²) in [5, 5.41) is 10.9. The Labute approximate surface area is 149 Å². The van der Waals surface area contributed by atoms with Gasteiger partial charge in [-0.25, -0.2) is 0 Å². The molecule has 3 rings (SSSR count). The lowest BCUT2D eigenvalue weighted by Gasteiger charge is -2.15. The zero-order valence-electron chi connectivity index (χ0n) is 13.3. The molecule has 0 saturated heterocycles. The second kappa shape index (κ2) is 7.05. The van der Waals surface area contributed by atoms with Gasteiger partial charge in [-0.05, 0) is 55.7 Å². The number of hydrogen-bond donors (Lipinski definition) is 0. The Morgan fingerprint density at radius 2 is 1.83 bits per heavy atom. The summed E-state index contributed by atoms with van der Waals surface area (Å²) in [4.78, 5) is 10.9. The molecule has 0 saturated carbocycles. The molecule has 24 heavy (non-hydrogen) atoms. The van der Waals surface area contributed by atoms with E-state index < -0.39 is 5.97 Å². The number of carbonyl (C=O) groups excluding carboxylic acids is 1. The molecule has 1 heterocycles. The molecule has 0 N–H and O–H groups in total. The predicted octanol–water partition coefficient (Wildman–Crippen LogP) is 3.90. The van der Waals surface area contributed by atoms with Crippen molar-refractivity contribution in [3.05, 3.63) is 76.4 Å². The van der Waals surface area contributed by atoms with Crippen molar-refractivity contribution in [3.63, 3.8) is 0 Å². The molecule has 122 valence electrons. The van der Waals surface area contributed by atoms with Crippen molar-refractivity contribution >= 4 is 21.9 Å². The van der Waals surface area contributed by atoms with Gasteiger partial charge in [-0.2, -0.15) is 0 Å². The highest BCUT2D eigenvalue weighted by atomic mass is 79.9. The van der Waals surface area contributed by atoms with E-state index in [0.717, 1.165) is 27.1 Å². The molecular weight excluding hydrogens is 366 g/mol. The van der Waals surface area contributed by atoms with Crippen LogP contribution >= 0.6 is 15.9 Å². The maximum absolute atomic E-state index is 10.9. The fraction of sp³-hybridized carbons (Fsp3) is 0.150. The summed E-state index contributed by atoms with van der Waals surface area (Å²) >= 11 is 3.51. The third kappa shape index (κ3) is 3.60. The summed E-state index contributed by atoms with van der Waals surface area (Å²) in [5.41, 5.74) is 5.30. The monoisotopic (exact) mass is 382 g/mol. The number of benzene rings is 2. The number of carbonyl (C=O) groups is 1. The minimum absolute atomic E-state index is 0.00531. The van der Waals surface area contributed by atoms with Crippen LogP contribution < -0.4 is 5.11 Å². The molecule has 2 aromatic carbocycles. The molecule has 0 aliphatic carbocycles. The lowest BCUT2D eigenvalue weighted by molar-refractivity contribution is -0.305. The molecule has 4 heteroatoms. The molecule has 0 spiro atoms. The molecule has 0 radical (unpaired) electrons. The van der Waals surface area contributed by atoms with Crippen LogP contribution in [-0.2, 0) is 11.2 Å². The average molecular weight is 383 g/mol. The predicted molar refractivity (Wildman–Crippen MR) is 97.0 cm³/mol. The molecule has 0 bridgehead atoms. The van der Waals surface area contributed by atoms with E-state index >= 15 is 0 Å². The normalized spacial score (nSPS) is 10.8. The molecule has 0 aliphatic rings. The number of carboxylic acid groups (broad SMARTS) is 1. The van der Waals surface area contributed by atoms with Gasteiger partial charge in [0.05, 0.1) is 5.69 Å². The van der Waals surface area contributed by atoms with Gasteiger partial charge in [0.25, 0.3) is 0 Å². The molecule has 0 atom stereocenters. The topological polar surface area (TPSA) is 45.1 Å². The first kappa shape index (κ1) is 16.5. The Morgan fingerprint density at radius 3 is 2.50 bits per heavy atom. The summed E-state index contributed by atoms with van der Waals surface area (Å²) < 4.78 is 3.09. The van der Waals surface area contributed by atoms with E-state index in [1.54, 1.807) is 0 Å². The van der Waals surface area contributed by atoms with Crippen LogP contribution in [0, 0.1) is 6.92 Å². The number of halogens is 1. The fourth-order valence-corrected chi connectivity index (χ4v) is 3.16. The number of hydrogen-bond acceptors (Lipinski definition) is 2. The van der Waals surface area contributed by atoms with Gasteiger partial charge in [-0.1, -0.05) is 51.8 Å². The standard InChI is InChI=1S/C20H18BrNO2/c1-14-5-7-15(8-6-14)19-11-9-17(10-12-20(23)24)22(19)18-4-2-3-16(21)13-18/h2-9,11,13H,10,12H2,1H3,(H,23,24)/p-1. The van der Waals surface area contributed by atoms with Crippen molar-refractivity contribution < 1.29 is 9.90 Å². The number of aliphatic carboxylic acids is 1. The second-order valence-corrected chi connectivity index (χ2v) is 6.68. The van der Waals surface area contributed by atoms with Crippen LogP contribution in [0.3, 0.4) is 0 Å². The number of aryl methyl sites for hydroxylation is 2. The van der Waals surface area contributed by atoms with Crippen molar-refractivity contribution in [2.75, 3.05) is 0 Å². The van der Waals surface area contributed by atoms with Crippen molar-refractivity contribution in [2.24, 2.45) is 0 Å². The molecule has 3 aromatic rings. The largest absolute Gasteiger partial charge is 0.550 e. The number of rotatable bonds is 5. The van der Waals surface area contributed by atoms with Crippen molar-refractivity contribution in [1.82, 2.24) is 4.57 Å². The lowest BCUT2D eigenvalue weighted by atomic mass is 10.1. The van der Waals surface area contributed by atoms with Crippen LogP contribution in [0.15, 0.2) is 65.1 Å². The maximum Gasteiger partial charge on any atom is 0.0531 e. The van der Waals surface area contributed by atoms with Crippen molar-refractivity contribution in [3.8, 4) is 16.9 Å². The maximum atomic E-state index is 10.9. The zero-order valence-corrected chi connectivity index (χ0v) is 14.9. The third-order valence-corrected chi connectivity index (χ3v) is 4.45. The van der Waals surface area contributed by atoms with E-state index in [-0.39, 0.29) is 6.42 Å². The highest BCUT2D eigenvalue weighted by Crippen LogP contribution is 2.29. The fourth-order valence-electron chi connectivity index (χ4n) is 2.77. The van der Waals surface area contributed by atoms with Gasteiger partial charge in [-0.15, -0.1) is 0 Å². The highest BCUT2D eigenvalue weighted by molar-refractivity contribution is 9.10. The van der Waals surface area contributed by atoms with Gasteiger partial charge in [0, 0.05) is 21.8 Å². The minimum Gasteiger partial charge on any atom is -0.550 e. The van der Waals surface area contributed by atoms with E-state index in [0.29, 0.717) is 6.42 Å². The summed E-state index contributed by atoms with van der Waals surface area (Å²) in [6, 6.07) is 20.3. The Hall–Kier alpha value is -2.33. The average Bonchev–Trinajstić information content (AvgIpc) is 2.97. The number of nitrogens with zero attached hydrogens (tertiary/aromatic N) is 1. The molecule has 0 unspecified atom stereocenters.